The number of benzene rings is 1. The predicted molar refractivity (Wildman–Crippen MR) is 125 cm³/mol. The summed E-state index contributed by atoms with van der Waals surface area (Å²) in [6, 6.07) is 6.32. The Labute approximate surface area is 194 Å². The van der Waals surface area contributed by atoms with Gasteiger partial charge in [0.1, 0.15) is 10.7 Å². The summed E-state index contributed by atoms with van der Waals surface area (Å²) in [6.07, 6.45) is 1.48. The predicted octanol–water partition coefficient (Wildman–Crippen LogP) is 1.63. The SMILES string of the molecule is Cc1nc(Nc2nc3c(c(NCc4ccc(S(N)(=O)=O)cc4)n2)CCNCC3)sc1C(=O)O. The molecule has 0 unspecified atom stereocenters. The standard InChI is InChI=1S/C20H23N7O4S2/c1-11-16(18(28)29)32-20(24-11)27-19-25-15-7-9-22-8-6-14(15)17(26-19)23-10-12-2-4-13(5-3-12)33(21,30)31/h2-5,22H,6-10H2,1H3,(H,28,29)(H2,21,30,31)(H2,23,24,25,26,27). The van der Waals surface area contributed by atoms with Crippen LogP contribution in [-0.2, 0) is 29.4 Å². The molecule has 1 aliphatic heterocycles. The third-order valence-corrected chi connectivity index (χ3v) is 7.09. The summed E-state index contributed by atoms with van der Waals surface area (Å²) in [4.78, 5) is 25.1. The molecule has 4 rings (SSSR count). The average Bonchev–Trinajstić information content (AvgIpc) is 2.97. The fourth-order valence-electron chi connectivity index (χ4n) is 3.47. The van der Waals surface area contributed by atoms with Crippen molar-refractivity contribution in [2.75, 3.05) is 23.7 Å². The molecule has 33 heavy (non-hydrogen) atoms. The van der Waals surface area contributed by atoms with Gasteiger partial charge in [-0.2, -0.15) is 4.98 Å². The third kappa shape index (κ3) is 5.45. The number of carboxylic acid groups (broad SMARTS) is 1. The number of nitrogens with zero attached hydrogens (tertiary/aromatic N) is 3. The van der Waals surface area contributed by atoms with Crippen molar-refractivity contribution < 1.29 is 18.3 Å². The summed E-state index contributed by atoms with van der Waals surface area (Å²) in [7, 11) is -3.74. The molecule has 2 aromatic heterocycles. The Balaban J connectivity index is 1.59. The lowest BCUT2D eigenvalue weighted by atomic mass is 10.1. The van der Waals surface area contributed by atoms with Crippen molar-refractivity contribution in [3.8, 4) is 0 Å². The van der Waals surface area contributed by atoms with Gasteiger partial charge in [0.25, 0.3) is 0 Å². The summed E-state index contributed by atoms with van der Waals surface area (Å²) < 4.78 is 22.9. The van der Waals surface area contributed by atoms with E-state index in [1.54, 1.807) is 19.1 Å². The lowest BCUT2D eigenvalue weighted by Crippen LogP contribution is -2.16. The van der Waals surface area contributed by atoms with E-state index in [9.17, 15) is 18.3 Å². The van der Waals surface area contributed by atoms with E-state index in [-0.39, 0.29) is 9.77 Å². The molecule has 0 aliphatic carbocycles. The molecule has 1 aromatic carbocycles. The molecular formula is C20H23N7O4S2. The summed E-state index contributed by atoms with van der Waals surface area (Å²) in [5.41, 5.74) is 3.19. The molecule has 0 saturated heterocycles. The highest BCUT2D eigenvalue weighted by Crippen LogP contribution is 2.27. The van der Waals surface area contributed by atoms with Gasteiger partial charge in [-0.05, 0) is 37.6 Å². The van der Waals surface area contributed by atoms with Gasteiger partial charge >= 0.3 is 5.97 Å². The summed E-state index contributed by atoms with van der Waals surface area (Å²) >= 11 is 1.03. The average molecular weight is 490 g/mol. The third-order valence-electron chi connectivity index (χ3n) is 5.10. The minimum atomic E-state index is -3.74. The van der Waals surface area contributed by atoms with Gasteiger partial charge in [0.05, 0.1) is 16.3 Å². The zero-order valence-electron chi connectivity index (χ0n) is 17.8. The van der Waals surface area contributed by atoms with E-state index in [1.807, 2.05) is 0 Å². The normalized spacial score (nSPS) is 13.8. The number of sulfonamides is 1. The molecule has 1 aliphatic rings. The van der Waals surface area contributed by atoms with Crippen LogP contribution in [0.3, 0.4) is 0 Å². The first kappa shape index (κ1) is 23.0. The molecule has 0 radical (unpaired) electrons. The van der Waals surface area contributed by atoms with Crippen molar-refractivity contribution in [2.24, 2.45) is 5.14 Å². The van der Waals surface area contributed by atoms with Crippen molar-refractivity contribution in [2.45, 2.75) is 31.2 Å². The highest BCUT2D eigenvalue weighted by atomic mass is 32.2. The molecule has 0 saturated carbocycles. The number of aromatic nitrogens is 3. The van der Waals surface area contributed by atoms with Gasteiger partial charge in [-0.1, -0.05) is 23.5 Å². The largest absolute Gasteiger partial charge is 0.477 e. The zero-order valence-corrected chi connectivity index (χ0v) is 19.4. The van der Waals surface area contributed by atoms with Crippen molar-refractivity contribution in [3.05, 3.63) is 51.7 Å². The van der Waals surface area contributed by atoms with Gasteiger partial charge in [-0.3, -0.25) is 5.32 Å². The molecular weight excluding hydrogens is 466 g/mol. The second-order valence-corrected chi connectivity index (χ2v) is 10.0. The molecule has 0 amide bonds. The molecule has 0 atom stereocenters. The van der Waals surface area contributed by atoms with E-state index >= 15 is 0 Å². The van der Waals surface area contributed by atoms with Crippen LogP contribution in [0.4, 0.5) is 16.9 Å². The molecule has 3 heterocycles. The second kappa shape index (κ2) is 9.39. The highest BCUT2D eigenvalue weighted by molar-refractivity contribution is 7.89. The van der Waals surface area contributed by atoms with Gasteiger partial charge in [-0.15, -0.1) is 0 Å². The number of carboxylic acids is 1. The number of primary sulfonamides is 1. The van der Waals surface area contributed by atoms with Crippen LogP contribution in [0.15, 0.2) is 29.2 Å². The fourth-order valence-corrected chi connectivity index (χ4v) is 4.79. The van der Waals surface area contributed by atoms with Gasteiger partial charge in [0.15, 0.2) is 5.13 Å². The van der Waals surface area contributed by atoms with E-state index in [1.165, 1.54) is 12.1 Å². The van der Waals surface area contributed by atoms with Crippen molar-refractivity contribution in [1.82, 2.24) is 20.3 Å². The maximum Gasteiger partial charge on any atom is 0.347 e. The van der Waals surface area contributed by atoms with Crippen LogP contribution in [0.2, 0.25) is 0 Å². The summed E-state index contributed by atoms with van der Waals surface area (Å²) in [6.45, 7) is 3.65. The van der Waals surface area contributed by atoms with Crippen LogP contribution in [0.25, 0.3) is 0 Å². The van der Waals surface area contributed by atoms with E-state index < -0.39 is 16.0 Å². The molecule has 174 valence electrons. The van der Waals surface area contributed by atoms with Crippen molar-refractivity contribution >= 4 is 44.2 Å². The Morgan fingerprint density at radius 3 is 2.58 bits per heavy atom. The number of thiazole rings is 1. The number of nitrogens with one attached hydrogen (secondary N) is 3. The maximum atomic E-state index is 11.5. The molecule has 11 nitrogen and oxygen atoms in total. The Morgan fingerprint density at radius 1 is 1.18 bits per heavy atom. The van der Waals surface area contributed by atoms with Crippen LogP contribution < -0.4 is 21.1 Å². The first-order chi connectivity index (χ1) is 15.7. The van der Waals surface area contributed by atoms with E-state index in [0.717, 1.165) is 54.1 Å². The first-order valence-corrected chi connectivity index (χ1v) is 12.5. The monoisotopic (exact) mass is 489 g/mol. The number of nitrogens with two attached hydrogens (primary N) is 1. The van der Waals surface area contributed by atoms with Crippen LogP contribution in [0.5, 0.6) is 0 Å². The highest BCUT2D eigenvalue weighted by Gasteiger charge is 2.19. The summed E-state index contributed by atoms with van der Waals surface area (Å²) in [5.74, 6) is -0.0374. The molecule has 0 spiro atoms. The molecule has 6 N–H and O–H groups in total. The number of hydrogen-bond donors (Lipinski definition) is 5. The smallest absolute Gasteiger partial charge is 0.347 e. The van der Waals surface area contributed by atoms with Crippen LogP contribution in [0.1, 0.15) is 32.2 Å². The van der Waals surface area contributed by atoms with Crippen LogP contribution in [0, 0.1) is 6.92 Å². The van der Waals surface area contributed by atoms with Gasteiger partial charge in [0.2, 0.25) is 16.0 Å². The lowest BCUT2D eigenvalue weighted by Gasteiger charge is -2.15. The minimum Gasteiger partial charge on any atom is -0.477 e. The van der Waals surface area contributed by atoms with Crippen molar-refractivity contribution in [1.29, 1.82) is 0 Å². The molecule has 13 heteroatoms. The van der Waals surface area contributed by atoms with Crippen molar-refractivity contribution in [3.63, 3.8) is 0 Å². The number of aryl methyl sites for hydroxylation is 1. The van der Waals surface area contributed by atoms with Crippen LogP contribution >= 0.6 is 11.3 Å². The quantitative estimate of drug-likeness (QED) is 0.328. The Kier molecular flexibility index (Phi) is 6.56. The van der Waals surface area contributed by atoms with E-state index in [4.69, 9.17) is 5.14 Å². The topological polar surface area (TPSA) is 172 Å². The number of hydrogen-bond acceptors (Lipinski definition) is 10. The summed E-state index contributed by atoms with van der Waals surface area (Å²) in [5, 5.41) is 24.5. The Hall–Kier alpha value is -3.13. The Morgan fingerprint density at radius 2 is 1.91 bits per heavy atom. The number of anilines is 3. The maximum absolute atomic E-state index is 11.5. The zero-order chi connectivity index (χ0) is 23.6. The van der Waals surface area contributed by atoms with E-state index in [0.29, 0.717) is 29.1 Å². The molecule has 3 aromatic rings. The number of fused-ring (bicyclic) bond motifs is 1. The first-order valence-electron chi connectivity index (χ1n) is 10.1. The molecule has 0 fully saturated rings. The van der Waals surface area contributed by atoms with Gasteiger partial charge in [0, 0.05) is 25.1 Å². The number of carbonyl (C=O) groups is 1. The Bertz CT molecular complexity index is 1290. The fraction of sp³-hybridized carbons (Fsp3) is 0.300. The second-order valence-electron chi connectivity index (χ2n) is 7.48. The molecule has 0 bridgehead atoms. The van der Waals surface area contributed by atoms with E-state index in [2.05, 4.69) is 30.9 Å². The number of rotatable bonds is 7. The van der Waals surface area contributed by atoms with Gasteiger partial charge in [-0.25, -0.2) is 28.3 Å². The van der Waals surface area contributed by atoms with Gasteiger partial charge < -0.3 is 15.7 Å². The minimum absolute atomic E-state index is 0.0548. The number of aromatic carboxylic acids is 1. The van der Waals surface area contributed by atoms with Crippen LogP contribution in [-0.4, -0.2) is 47.5 Å². The lowest BCUT2D eigenvalue weighted by molar-refractivity contribution is 0.0701.